The molecule has 0 bridgehead atoms. The molecule has 0 aliphatic rings. The van der Waals surface area contributed by atoms with Gasteiger partial charge in [0.1, 0.15) is 0 Å². The van der Waals surface area contributed by atoms with Crippen LogP contribution >= 0.6 is 54.7 Å². The van der Waals surface area contributed by atoms with Crippen LogP contribution in [0, 0.1) is 0 Å². The van der Waals surface area contributed by atoms with Crippen LogP contribution in [0.3, 0.4) is 0 Å². The van der Waals surface area contributed by atoms with Gasteiger partial charge in [-0.25, -0.2) is 4.98 Å². The summed E-state index contributed by atoms with van der Waals surface area (Å²) in [6, 6.07) is 0. The van der Waals surface area contributed by atoms with Crippen molar-refractivity contribution in [2.45, 2.75) is 74.7 Å². The van der Waals surface area contributed by atoms with Gasteiger partial charge in [0.15, 0.2) is 4.34 Å². The topological polar surface area (TPSA) is 25.8 Å². The minimum absolute atomic E-state index is 0.939. The Morgan fingerprint density at radius 2 is 1.43 bits per heavy atom. The zero-order valence-corrected chi connectivity index (χ0v) is 17.1. The molecule has 1 aromatic heterocycles. The van der Waals surface area contributed by atoms with Crippen molar-refractivity contribution < 1.29 is 0 Å². The molecule has 0 aromatic carbocycles. The largest absolute Gasteiger partial charge is 0.211 e. The van der Waals surface area contributed by atoms with E-state index in [4.69, 9.17) is 0 Å². The van der Waals surface area contributed by atoms with E-state index >= 15 is 0 Å². The van der Waals surface area contributed by atoms with Gasteiger partial charge in [0.2, 0.25) is 5.16 Å². The highest BCUT2D eigenvalue weighted by Crippen LogP contribution is 2.37. The quantitative estimate of drug-likeness (QED) is 0.250. The summed E-state index contributed by atoms with van der Waals surface area (Å²) in [4.78, 5) is 4.57. The zero-order valence-electron chi connectivity index (χ0n) is 13.0. The summed E-state index contributed by atoms with van der Waals surface area (Å²) in [5, 5.41) is 0.939. The minimum Gasteiger partial charge on any atom is -0.201 e. The molecule has 1 heterocycles. The van der Waals surface area contributed by atoms with E-state index in [0.29, 0.717) is 0 Å². The average Bonchev–Trinajstić information content (AvgIpc) is 2.94. The van der Waals surface area contributed by atoms with Crippen LogP contribution in [0.25, 0.3) is 0 Å². The Morgan fingerprint density at radius 3 is 2.05 bits per heavy atom. The molecule has 0 saturated carbocycles. The first-order valence-corrected chi connectivity index (χ1v) is 13.2. The van der Waals surface area contributed by atoms with Crippen LogP contribution in [0.2, 0.25) is 0 Å². The maximum atomic E-state index is 4.57. The van der Waals surface area contributed by atoms with E-state index < -0.39 is 0 Å². The molecule has 0 spiro atoms. The summed E-state index contributed by atoms with van der Waals surface area (Å²) in [6.07, 6.45) is 10.7. The number of hydrogen-bond acceptors (Lipinski definition) is 7. The van der Waals surface area contributed by atoms with Crippen molar-refractivity contribution in [1.82, 2.24) is 9.36 Å². The van der Waals surface area contributed by atoms with Crippen LogP contribution in [-0.4, -0.2) is 20.9 Å². The Labute approximate surface area is 149 Å². The van der Waals surface area contributed by atoms with E-state index in [-0.39, 0.29) is 0 Å². The summed E-state index contributed by atoms with van der Waals surface area (Å²) in [5.74, 6) is 2.43. The molecule has 122 valence electrons. The molecule has 0 unspecified atom stereocenters. The Bertz CT molecular complexity index is 315. The average molecular weight is 383 g/mol. The Kier molecular flexibility index (Phi) is 13.9. The molecule has 21 heavy (non-hydrogen) atoms. The number of aromatic nitrogens is 2. The third kappa shape index (κ3) is 11.2. The van der Waals surface area contributed by atoms with E-state index in [1.807, 2.05) is 21.6 Å². The lowest BCUT2D eigenvalue weighted by Gasteiger charge is -1.98. The van der Waals surface area contributed by atoms with Gasteiger partial charge in [-0.1, -0.05) is 74.0 Å². The normalized spacial score (nSPS) is 11.1. The van der Waals surface area contributed by atoms with Gasteiger partial charge in [-0.15, -0.1) is 0 Å². The molecule has 0 saturated heterocycles. The Balaban J connectivity index is 2.01. The van der Waals surface area contributed by atoms with Gasteiger partial charge in [0.25, 0.3) is 0 Å². The third-order valence-electron chi connectivity index (χ3n) is 2.81. The molecular formula is C14H26N2S5. The standard InChI is InChI=1S/C14H26N2S5/c1-3-5-7-9-11-17-20-13-15-14(19-16-13)21-18-12-10-8-6-4-2/h3-12H2,1-2H3. The highest BCUT2D eigenvalue weighted by molar-refractivity contribution is 8.77. The summed E-state index contributed by atoms with van der Waals surface area (Å²) >= 11 is 1.54. The summed E-state index contributed by atoms with van der Waals surface area (Å²) < 4.78 is 5.52. The molecule has 7 heteroatoms. The lowest BCUT2D eigenvalue weighted by Crippen LogP contribution is -1.79. The van der Waals surface area contributed by atoms with Gasteiger partial charge in [0.05, 0.1) is 0 Å². The molecule has 2 nitrogen and oxygen atoms in total. The molecule has 0 atom stereocenters. The van der Waals surface area contributed by atoms with Gasteiger partial charge < -0.3 is 0 Å². The van der Waals surface area contributed by atoms with E-state index in [9.17, 15) is 0 Å². The molecule has 0 aliphatic heterocycles. The van der Waals surface area contributed by atoms with Crippen LogP contribution in [0.4, 0.5) is 0 Å². The van der Waals surface area contributed by atoms with Crippen LogP contribution in [0.1, 0.15) is 65.2 Å². The Morgan fingerprint density at radius 1 is 0.810 bits per heavy atom. The molecule has 1 aromatic rings. The predicted octanol–water partition coefficient (Wildman–Crippen LogP) is 7.18. The van der Waals surface area contributed by atoms with Crippen LogP contribution in [0.15, 0.2) is 9.50 Å². The fraction of sp³-hybridized carbons (Fsp3) is 0.857. The smallest absolute Gasteiger partial charge is 0.201 e. The lowest BCUT2D eigenvalue weighted by molar-refractivity contribution is 0.707. The first kappa shape index (κ1) is 20.0. The number of rotatable bonds is 14. The van der Waals surface area contributed by atoms with Crippen LogP contribution in [-0.2, 0) is 0 Å². The monoisotopic (exact) mass is 382 g/mol. The molecule has 1 rings (SSSR count). The molecule has 0 aliphatic carbocycles. The van der Waals surface area contributed by atoms with Crippen molar-refractivity contribution in [3.63, 3.8) is 0 Å². The second-order valence-corrected chi connectivity index (χ2v) is 10.6. The first-order valence-electron chi connectivity index (χ1n) is 7.79. The van der Waals surface area contributed by atoms with Crippen molar-refractivity contribution in [2.24, 2.45) is 0 Å². The Hall–Kier alpha value is 0.960. The SMILES string of the molecule is CCCCCCSSc1nsc(SSCCCCCC)n1. The summed E-state index contributed by atoms with van der Waals surface area (Å²) in [5.41, 5.74) is 0. The highest BCUT2D eigenvalue weighted by Gasteiger charge is 2.06. The van der Waals surface area contributed by atoms with Crippen LogP contribution < -0.4 is 0 Å². The van der Waals surface area contributed by atoms with Crippen molar-refractivity contribution in [1.29, 1.82) is 0 Å². The molecule has 0 N–H and O–H groups in total. The van der Waals surface area contributed by atoms with Crippen molar-refractivity contribution in [3.05, 3.63) is 0 Å². The van der Waals surface area contributed by atoms with E-state index in [0.717, 1.165) is 9.50 Å². The number of hydrogen-bond donors (Lipinski definition) is 0. The highest BCUT2D eigenvalue weighted by atomic mass is 33.1. The van der Waals surface area contributed by atoms with Gasteiger partial charge in [0, 0.05) is 11.5 Å². The fourth-order valence-electron chi connectivity index (χ4n) is 1.63. The van der Waals surface area contributed by atoms with Gasteiger partial charge in [-0.05, 0) is 46.0 Å². The summed E-state index contributed by atoms with van der Waals surface area (Å²) in [7, 11) is 7.33. The predicted molar refractivity (Wildman–Crippen MR) is 105 cm³/mol. The first-order chi connectivity index (χ1) is 10.4. The minimum atomic E-state index is 0.939. The van der Waals surface area contributed by atoms with E-state index in [1.54, 1.807) is 21.6 Å². The number of unbranched alkanes of at least 4 members (excludes halogenated alkanes) is 6. The molecule has 0 amide bonds. The van der Waals surface area contributed by atoms with E-state index in [1.165, 1.54) is 74.4 Å². The lowest BCUT2D eigenvalue weighted by atomic mass is 10.2. The summed E-state index contributed by atoms with van der Waals surface area (Å²) in [6.45, 7) is 4.51. The zero-order chi connectivity index (χ0) is 15.2. The maximum Gasteiger partial charge on any atom is 0.211 e. The van der Waals surface area contributed by atoms with Crippen molar-refractivity contribution in [2.75, 3.05) is 11.5 Å². The van der Waals surface area contributed by atoms with Gasteiger partial charge in [-0.3, -0.25) is 0 Å². The third-order valence-corrected chi connectivity index (χ3v) is 8.57. The maximum absolute atomic E-state index is 4.57. The fourth-order valence-corrected chi connectivity index (χ4v) is 6.83. The molecule has 0 fully saturated rings. The second-order valence-electron chi connectivity index (χ2n) is 4.77. The van der Waals surface area contributed by atoms with Gasteiger partial charge >= 0.3 is 0 Å². The molecular weight excluding hydrogens is 357 g/mol. The van der Waals surface area contributed by atoms with Crippen LogP contribution in [0.5, 0.6) is 0 Å². The van der Waals surface area contributed by atoms with Gasteiger partial charge in [-0.2, -0.15) is 4.37 Å². The van der Waals surface area contributed by atoms with E-state index in [2.05, 4.69) is 23.2 Å². The molecule has 0 radical (unpaired) electrons. The van der Waals surface area contributed by atoms with Crippen molar-refractivity contribution >= 4 is 54.7 Å². The van der Waals surface area contributed by atoms with Crippen molar-refractivity contribution in [3.8, 4) is 0 Å². The number of nitrogens with zero attached hydrogens (tertiary/aromatic N) is 2. The second kappa shape index (κ2) is 14.5.